The van der Waals surface area contributed by atoms with Gasteiger partial charge >= 0.3 is 0 Å². The Labute approximate surface area is 111 Å². The highest BCUT2D eigenvalue weighted by atomic mass is 32.1. The molecule has 0 amide bonds. The number of thiophene rings is 1. The summed E-state index contributed by atoms with van der Waals surface area (Å²) in [5, 5.41) is 2.05. The third-order valence-corrected chi connectivity index (χ3v) is 3.56. The van der Waals surface area contributed by atoms with Crippen LogP contribution >= 0.6 is 11.3 Å². The van der Waals surface area contributed by atoms with E-state index in [2.05, 4.69) is 6.07 Å². The molecule has 2 N–H and O–H groups in total. The lowest BCUT2D eigenvalue weighted by Crippen LogP contribution is -2.15. The molecule has 2 aromatic rings. The zero-order chi connectivity index (χ0) is 12.8. The normalized spacial score (nSPS) is 12.3. The molecule has 0 aliphatic rings. The number of benzene rings is 1. The van der Waals surface area contributed by atoms with E-state index in [0.29, 0.717) is 13.2 Å². The number of hydrogen-bond acceptors (Lipinski definition) is 4. The van der Waals surface area contributed by atoms with Crippen molar-refractivity contribution in [2.45, 2.75) is 12.7 Å². The van der Waals surface area contributed by atoms with E-state index in [9.17, 15) is 0 Å². The predicted molar refractivity (Wildman–Crippen MR) is 73.9 cm³/mol. The highest BCUT2D eigenvalue weighted by Gasteiger charge is 2.10. The van der Waals surface area contributed by atoms with E-state index in [4.69, 9.17) is 15.2 Å². The molecule has 0 saturated heterocycles. The van der Waals surface area contributed by atoms with Crippen molar-refractivity contribution < 1.29 is 9.47 Å². The van der Waals surface area contributed by atoms with Crippen LogP contribution in [-0.4, -0.2) is 13.7 Å². The first-order valence-electron chi connectivity index (χ1n) is 5.81. The van der Waals surface area contributed by atoms with Gasteiger partial charge in [-0.25, -0.2) is 0 Å². The summed E-state index contributed by atoms with van der Waals surface area (Å²) in [6.07, 6.45) is -0.0713. The molecular weight excluding hydrogens is 246 g/mol. The molecule has 0 spiro atoms. The summed E-state index contributed by atoms with van der Waals surface area (Å²) in [7, 11) is 1.66. The first-order chi connectivity index (χ1) is 8.83. The highest BCUT2D eigenvalue weighted by molar-refractivity contribution is 7.09. The third kappa shape index (κ3) is 3.32. The monoisotopic (exact) mass is 263 g/mol. The lowest BCUT2D eigenvalue weighted by atomic mass is 10.1. The first kappa shape index (κ1) is 13.1. The molecule has 1 aromatic heterocycles. The van der Waals surface area contributed by atoms with Gasteiger partial charge in [-0.2, -0.15) is 0 Å². The Hall–Kier alpha value is -1.36. The zero-order valence-electron chi connectivity index (χ0n) is 10.3. The van der Waals surface area contributed by atoms with Gasteiger partial charge in [0.2, 0.25) is 0 Å². The molecule has 0 radical (unpaired) electrons. The van der Waals surface area contributed by atoms with E-state index < -0.39 is 0 Å². The van der Waals surface area contributed by atoms with Gasteiger partial charge < -0.3 is 15.2 Å². The van der Waals surface area contributed by atoms with Crippen LogP contribution in [0.1, 0.15) is 16.5 Å². The predicted octanol–water partition coefficient (Wildman–Crippen LogP) is 2.97. The van der Waals surface area contributed by atoms with Crippen LogP contribution in [0.4, 0.5) is 0 Å². The van der Waals surface area contributed by atoms with Gasteiger partial charge in [0, 0.05) is 11.4 Å². The SMILES string of the molecule is COc1ccc(C(CN)OCc2cccs2)cc1. The summed E-state index contributed by atoms with van der Waals surface area (Å²) in [6, 6.07) is 11.9. The van der Waals surface area contributed by atoms with Crippen LogP contribution in [0.15, 0.2) is 41.8 Å². The minimum Gasteiger partial charge on any atom is -0.497 e. The van der Waals surface area contributed by atoms with Crippen molar-refractivity contribution in [2.75, 3.05) is 13.7 Å². The van der Waals surface area contributed by atoms with Crippen LogP contribution in [0.2, 0.25) is 0 Å². The van der Waals surface area contributed by atoms with Crippen molar-refractivity contribution in [3.05, 3.63) is 52.2 Å². The molecule has 0 fully saturated rings. The van der Waals surface area contributed by atoms with Crippen LogP contribution < -0.4 is 10.5 Å². The van der Waals surface area contributed by atoms with Crippen molar-refractivity contribution in [3.8, 4) is 5.75 Å². The van der Waals surface area contributed by atoms with Crippen LogP contribution in [0, 0.1) is 0 Å². The lowest BCUT2D eigenvalue weighted by Gasteiger charge is -2.16. The van der Waals surface area contributed by atoms with Gasteiger partial charge in [0.05, 0.1) is 19.8 Å². The Bertz CT molecular complexity index is 453. The van der Waals surface area contributed by atoms with Gasteiger partial charge in [-0.05, 0) is 29.1 Å². The number of rotatable bonds is 6. The Morgan fingerprint density at radius 2 is 2.00 bits per heavy atom. The molecular formula is C14H17NO2S. The van der Waals surface area contributed by atoms with Crippen LogP contribution in [0.5, 0.6) is 5.75 Å². The maximum absolute atomic E-state index is 5.84. The standard InChI is InChI=1S/C14H17NO2S/c1-16-12-6-4-11(5-7-12)14(9-15)17-10-13-3-2-8-18-13/h2-8,14H,9-10,15H2,1H3. The molecule has 1 aromatic carbocycles. The molecule has 4 heteroatoms. The zero-order valence-corrected chi connectivity index (χ0v) is 11.2. The summed E-state index contributed by atoms with van der Waals surface area (Å²) in [5.74, 6) is 0.841. The van der Waals surface area contributed by atoms with Gasteiger partial charge in [0.1, 0.15) is 5.75 Å². The molecule has 2 rings (SSSR count). The molecule has 18 heavy (non-hydrogen) atoms. The number of hydrogen-bond donors (Lipinski definition) is 1. The average molecular weight is 263 g/mol. The van der Waals surface area contributed by atoms with Crippen LogP contribution in [0.25, 0.3) is 0 Å². The van der Waals surface area contributed by atoms with Crippen molar-refractivity contribution in [2.24, 2.45) is 5.73 Å². The Morgan fingerprint density at radius 1 is 1.22 bits per heavy atom. The van der Waals surface area contributed by atoms with E-state index >= 15 is 0 Å². The van der Waals surface area contributed by atoms with Gasteiger partial charge in [0.15, 0.2) is 0 Å². The molecule has 1 unspecified atom stereocenters. The summed E-state index contributed by atoms with van der Waals surface area (Å²) >= 11 is 1.69. The fraction of sp³-hybridized carbons (Fsp3) is 0.286. The van der Waals surface area contributed by atoms with E-state index in [0.717, 1.165) is 11.3 Å². The largest absolute Gasteiger partial charge is 0.497 e. The van der Waals surface area contributed by atoms with E-state index in [1.807, 2.05) is 35.7 Å². The van der Waals surface area contributed by atoms with Gasteiger partial charge in [-0.1, -0.05) is 18.2 Å². The Morgan fingerprint density at radius 3 is 2.56 bits per heavy atom. The molecule has 3 nitrogen and oxygen atoms in total. The fourth-order valence-electron chi connectivity index (χ4n) is 1.70. The summed E-state index contributed by atoms with van der Waals surface area (Å²) in [5.41, 5.74) is 6.84. The lowest BCUT2D eigenvalue weighted by molar-refractivity contribution is 0.0472. The van der Waals surface area contributed by atoms with Crippen LogP contribution in [-0.2, 0) is 11.3 Å². The molecule has 96 valence electrons. The van der Waals surface area contributed by atoms with Crippen molar-refractivity contribution in [3.63, 3.8) is 0 Å². The molecule has 0 aliphatic carbocycles. The summed E-state index contributed by atoms with van der Waals surface area (Å²) in [4.78, 5) is 1.21. The number of methoxy groups -OCH3 is 1. The van der Waals surface area contributed by atoms with Gasteiger partial charge in [0.25, 0.3) is 0 Å². The molecule has 1 atom stereocenters. The average Bonchev–Trinajstić information content (AvgIpc) is 2.93. The van der Waals surface area contributed by atoms with Crippen LogP contribution in [0.3, 0.4) is 0 Å². The minimum absolute atomic E-state index is 0.0713. The summed E-state index contributed by atoms with van der Waals surface area (Å²) in [6.45, 7) is 1.07. The quantitative estimate of drug-likeness (QED) is 0.871. The van der Waals surface area contributed by atoms with Gasteiger partial charge in [-0.15, -0.1) is 11.3 Å². The number of nitrogens with two attached hydrogens (primary N) is 1. The van der Waals surface area contributed by atoms with Crippen molar-refractivity contribution in [1.82, 2.24) is 0 Å². The molecule has 0 saturated carbocycles. The minimum atomic E-state index is -0.0713. The van der Waals surface area contributed by atoms with Crippen molar-refractivity contribution >= 4 is 11.3 Å². The summed E-state index contributed by atoms with van der Waals surface area (Å²) < 4.78 is 11.0. The topological polar surface area (TPSA) is 44.5 Å². The molecule has 0 bridgehead atoms. The second-order valence-corrected chi connectivity index (χ2v) is 4.92. The Kier molecular flexibility index (Phi) is 4.75. The van der Waals surface area contributed by atoms with E-state index in [-0.39, 0.29) is 6.10 Å². The fourth-order valence-corrected chi connectivity index (χ4v) is 2.32. The van der Waals surface area contributed by atoms with E-state index in [1.54, 1.807) is 18.4 Å². The smallest absolute Gasteiger partial charge is 0.118 e. The first-order valence-corrected chi connectivity index (χ1v) is 6.69. The van der Waals surface area contributed by atoms with E-state index in [1.165, 1.54) is 4.88 Å². The molecule has 0 aliphatic heterocycles. The highest BCUT2D eigenvalue weighted by Crippen LogP contribution is 2.22. The second kappa shape index (κ2) is 6.54. The molecule has 1 heterocycles. The second-order valence-electron chi connectivity index (χ2n) is 3.89. The third-order valence-electron chi connectivity index (χ3n) is 2.71. The van der Waals surface area contributed by atoms with Crippen molar-refractivity contribution in [1.29, 1.82) is 0 Å². The maximum atomic E-state index is 5.84. The Balaban J connectivity index is 1.98. The maximum Gasteiger partial charge on any atom is 0.118 e. The van der Waals surface area contributed by atoms with Gasteiger partial charge in [-0.3, -0.25) is 0 Å². The number of ether oxygens (including phenoxy) is 2.